The number of para-hydroxylation sites is 1. The fraction of sp³-hybridized carbons (Fsp3) is 0. The molecule has 47 heavy (non-hydrogen) atoms. The van der Waals surface area contributed by atoms with E-state index < -0.39 is 0 Å². The maximum Gasteiger partial charge on any atom is 0.187 e. The first-order valence-corrected chi connectivity index (χ1v) is 15.1. The van der Waals surface area contributed by atoms with Gasteiger partial charge in [0.05, 0.1) is 34.9 Å². The molecule has 0 bridgehead atoms. The third kappa shape index (κ3) is 4.97. The van der Waals surface area contributed by atoms with Crippen LogP contribution in [-0.2, 0) is 0 Å². The molecule has 8 aromatic rings. The van der Waals surface area contributed by atoms with Gasteiger partial charge in [0, 0.05) is 27.5 Å². The van der Waals surface area contributed by atoms with Crippen LogP contribution >= 0.6 is 0 Å². The van der Waals surface area contributed by atoms with Crippen molar-refractivity contribution < 1.29 is 0 Å². The largest absolute Gasteiger partial charge is 0.308 e. The minimum Gasteiger partial charge on any atom is -0.308 e. The van der Waals surface area contributed by atoms with Gasteiger partial charge in [-0.2, -0.15) is 5.26 Å². The number of hydrogen-bond acceptors (Lipinski definition) is 4. The van der Waals surface area contributed by atoms with Crippen LogP contribution in [0.3, 0.4) is 0 Å². The molecule has 2 heterocycles. The van der Waals surface area contributed by atoms with Crippen LogP contribution < -0.4 is 0 Å². The van der Waals surface area contributed by atoms with Crippen molar-refractivity contribution in [3.05, 3.63) is 163 Å². The highest BCUT2D eigenvalue weighted by atomic mass is 15.1. The highest BCUT2D eigenvalue weighted by Crippen LogP contribution is 2.38. The highest BCUT2D eigenvalue weighted by Gasteiger charge is 2.20. The molecule has 8 rings (SSSR count). The molecule has 0 N–H and O–H groups in total. The predicted molar refractivity (Wildman–Crippen MR) is 187 cm³/mol. The smallest absolute Gasteiger partial charge is 0.187 e. The third-order valence-electron chi connectivity index (χ3n) is 8.31. The van der Waals surface area contributed by atoms with Crippen LogP contribution in [0, 0.1) is 17.9 Å². The van der Waals surface area contributed by atoms with Crippen molar-refractivity contribution in [1.82, 2.24) is 19.5 Å². The molecular formula is C41H24N6. The van der Waals surface area contributed by atoms with E-state index in [-0.39, 0.29) is 0 Å². The molecule has 0 aliphatic heterocycles. The van der Waals surface area contributed by atoms with Crippen molar-refractivity contribution in [1.29, 1.82) is 5.26 Å². The normalized spacial score (nSPS) is 10.9. The molecule has 0 spiro atoms. The van der Waals surface area contributed by atoms with Gasteiger partial charge >= 0.3 is 0 Å². The summed E-state index contributed by atoms with van der Waals surface area (Å²) in [6.45, 7) is 7.34. The Labute approximate surface area is 271 Å². The molecule has 0 saturated heterocycles. The summed E-state index contributed by atoms with van der Waals surface area (Å²) in [6, 6.07) is 50.1. The van der Waals surface area contributed by atoms with Gasteiger partial charge in [-0.05, 0) is 41.5 Å². The lowest BCUT2D eigenvalue weighted by Gasteiger charge is -2.15. The number of rotatable bonds is 5. The maximum absolute atomic E-state index is 10.0. The van der Waals surface area contributed by atoms with Crippen LogP contribution in [0.4, 0.5) is 5.69 Å². The van der Waals surface area contributed by atoms with Crippen LogP contribution in [-0.4, -0.2) is 19.5 Å². The monoisotopic (exact) mass is 600 g/mol. The standard InChI is InChI=1S/C41H24N6/c1-43-32-20-17-28(18-21-32)31-19-23-34-33-14-8-9-15-36(33)47(38(34)25-31)37-24-27(26-42)16-22-35(37)41-45-39(29-10-4-2-5-11-29)44-40(46-41)30-12-6-3-7-13-30/h2-25H. The van der Waals surface area contributed by atoms with Gasteiger partial charge in [0.15, 0.2) is 23.2 Å². The number of nitrogens with zero attached hydrogens (tertiary/aromatic N) is 6. The maximum atomic E-state index is 10.0. The molecule has 218 valence electrons. The van der Waals surface area contributed by atoms with Crippen LogP contribution in [0.15, 0.2) is 146 Å². The Morgan fingerprint density at radius 3 is 1.79 bits per heavy atom. The number of benzene rings is 6. The van der Waals surface area contributed by atoms with E-state index >= 15 is 0 Å². The van der Waals surface area contributed by atoms with E-state index in [9.17, 15) is 5.26 Å². The van der Waals surface area contributed by atoms with Crippen LogP contribution in [0.1, 0.15) is 5.56 Å². The fourth-order valence-corrected chi connectivity index (χ4v) is 6.04. The Bertz CT molecular complexity index is 2460. The molecule has 0 radical (unpaired) electrons. The summed E-state index contributed by atoms with van der Waals surface area (Å²) in [7, 11) is 0. The zero-order chi connectivity index (χ0) is 31.7. The Morgan fingerprint density at radius 2 is 1.13 bits per heavy atom. The van der Waals surface area contributed by atoms with Crippen LogP contribution in [0.5, 0.6) is 0 Å². The molecule has 0 fully saturated rings. The fourth-order valence-electron chi connectivity index (χ4n) is 6.04. The van der Waals surface area contributed by atoms with E-state index in [1.807, 2.05) is 115 Å². The second-order valence-electron chi connectivity index (χ2n) is 11.1. The van der Waals surface area contributed by atoms with Gasteiger partial charge in [-0.3, -0.25) is 0 Å². The number of aromatic nitrogens is 4. The second-order valence-corrected chi connectivity index (χ2v) is 11.1. The van der Waals surface area contributed by atoms with Crippen molar-refractivity contribution >= 4 is 27.5 Å². The third-order valence-corrected chi connectivity index (χ3v) is 8.31. The lowest BCUT2D eigenvalue weighted by molar-refractivity contribution is 1.06. The van der Waals surface area contributed by atoms with E-state index in [1.54, 1.807) is 0 Å². The first-order valence-electron chi connectivity index (χ1n) is 15.1. The summed E-state index contributed by atoms with van der Waals surface area (Å²) in [5.74, 6) is 1.64. The SMILES string of the molecule is [C-]#[N+]c1ccc(-c2ccc3c4ccccc4n(-c4cc(C#N)ccc4-c4nc(-c5ccccc5)nc(-c5ccccc5)n4)c3c2)cc1. The average Bonchev–Trinajstić information content (AvgIpc) is 3.48. The van der Waals surface area contributed by atoms with E-state index in [0.717, 1.165) is 55.3 Å². The molecule has 6 heteroatoms. The van der Waals surface area contributed by atoms with E-state index in [1.165, 1.54) is 0 Å². The van der Waals surface area contributed by atoms with Crippen LogP contribution in [0.2, 0.25) is 0 Å². The molecule has 2 aromatic heterocycles. The van der Waals surface area contributed by atoms with E-state index in [0.29, 0.717) is 28.7 Å². The zero-order valence-electron chi connectivity index (χ0n) is 25.0. The lowest BCUT2D eigenvalue weighted by atomic mass is 10.0. The molecule has 0 aliphatic rings. The van der Waals surface area contributed by atoms with Gasteiger partial charge in [-0.15, -0.1) is 0 Å². The second kappa shape index (κ2) is 11.6. The Kier molecular flexibility index (Phi) is 6.80. The number of hydrogen-bond donors (Lipinski definition) is 0. The summed E-state index contributed by atoms with van der Waals surface area (Å²) in [4.78, 5) is 18.5. The topological polar surface area (TPSA) is 71.8 Å². The van der Waals surface area contributed by atoms with Gasteiger partial charge in [-0.25, -0.2) is 19.8 Å². The number of nitriles is 1. The van der Waals surface area contributed by atoms with Crippen LogP contribution in [0.25, 0.3) is 77.6 Å². The molecule has 0 saturated carbocycles. The van der Waals surface area contributed by atoms with Crippen molar-refractivity contribution in [2.75, 3.05) is 0 Å². The molecule has 0 atom stereocenters. The lowest BCUT2D eigenvalue weighted by Crippen LogP contribution is -2.04. The first-order chi connectivity index (χ1) is 23.2. The van der Waals surface area contributed by atoms with Gasteiger partial charge in [0.2, 0.25) is 0 Å². The van der Waals surface area contributed by atoms with Crippen molar-refractivity contribution in [2.24, 2.45) is 0 Å². The Balaban J connectivity index is 1.42. The summed E-state index contributed by atoms with van der Waals surface area (Å²) in [6.07, 6.45) is 0. The average molecular weight is 601 g/mol. The quantitative estimate of drug-likeness (QED) is 0.184. The first kappa shape index (κ1) is 27.6. The van der Waals surface area contributed by atoms with E-state index in [4.69, 9.17) is 21.5 Å². The van der Waals surface area contributed by atoms with Crippen molar-refractivity contribution in [3.8, 4) is 57.0 Å². The Hall–Kier alpha value is -6.89. The Morgan fingerprint density at radius 1 is 0.532 bits per heavy atom. The minimum atomic E-state index is 0.508. The molecule has 6 aromatic carbocycles. The molecular weight excluding hydrogens is 576 g/mol. The number of fused-ring (bicyclic) bond motifs is 3. The van der Waals surface area contributed by atoms with Gasteiger partial charge < -0.3 is 4.57 Å². The summed E-state index contributed by atoms with van der Waals surface area (Å²) in [5.41, 5.74) is 8.48. The molecule has 0 unspecified atom stereocenters. The summed E-state index contributed by atoms with van der Waals surface area (Å²) >= 11 is 0. The van der Waals surface area contributed by atoms with Gasteiger partial charge in [0.1, 0.15) is 0 Å². The predicted octanol–water partition coefficient (Wildman–Crippen LogP) is 10.1. The minimum absolute atomic E-state index is 0.508. The molecule has 0 aliphatic carbocycles. The summed E-state index contributed by atoms with van der Waals surface area (Å²) in [5, 5.41) is 12.2. The van der Waals surface area contributed by atoms with E-state index in [2.05, 4.69) is 45.8 Å². The van der Waals surface area contributed by atoms with Gasteiger partial charge in [0.25, 0.3) is 0 Å². The summed E-state index contributed by atoms with van der Waals surface area (Å²) < 4.78 is 2.20. The zero-order valence-corrected chi connectivity index (χ0v) is 25.0. The molecule has 6 nitrogen and oxygen atoms in total. The van der Waals surface area contributed by atoms with Crippen molar-refractivity contribution in [2.45, 2.75) is 0 Å². The highest BCUT2D eigenvalue weighted by molar-refractivity contribution is 6.10. The van der Waals surface area contributed by atoms with Crippen molar-refractivity contribution in [3.63, 3.8) is 0 Å². The molecule has 0 amide bonds. The van der Waals surface area contributed by atoms with Gasteiger partial charge in [-0.1, -0.05) is 115 Å².